The number of carboxylic acid groups (broad SMARTS) is 1. The number of rotatable bonds is 5. The zero-order valence-electron chi connectivity index (χ0n) is 11.9. The molecule has 0 radical (unpaired) electrons. The molecule has 0 aromatic heterocycles. The van der Waals surface area contributed by atoms with Crippen LogP contribution in [0.4, 0.5) is 4.79 Å². The molecule has 20 heavy (non-hydrogen) atoms. The number of amides is 2. The molecule has 0 aromatic carbocycles. The van der Waals surface area contributed by atoms with Gasteiger partial charge in [0.1, 0.15) is 0 Å². The average molecular weight is 283 g/mol. The van der Waals surface area contributed by atoms with Crippen LogP contribution >= 0.6 is 0 Å². The fraction of sp³-hybridized carbons (Fsp3) is 0.769. The van der Waals surface area contributed by atoms with E-state index in [9.17, 15) is 9.59 Å². The van der Waals surface area contributed by atoms with Gasteiger partial charge in [-0.1, -0.05) is 0 Å². The number of morpholine rings is 1. The van der Waals surface area contributed by atoms with E-state index in [0.717, 1.165) is 0 Å². The number of carboxylic acids is 1. The molecule has 1 fully saturated rings. The number of hydrogen-bond donors (Lipinski definition) is 1. The van der Waals surface area contributed by atoms with Crippen molar-refractivity contribution in [3.05, 3.63) is 0 Å². The highest BCUT2D eigenvalue weighted by Gasteiger charge is 2.31. The summed E-state index contributed by atoms with van der Waals surface area (Å²) in [5, 5.41) is 17.7. The second kappa shape index (κ2) is 7.70. The molecule has 112 valence electrons. The van der Waals surface area contributed by atoms with E-state index in [1.165, 1.54) is 0 Å². The number of ether oxygens (including phenoxy) is 1. The Labute approximate surface area is 118 Å². The third-order valence-corrected chi connectivity index (χ3v) is 3.25. The van der Waals surface area contributed by atoms with Crippen LogP contribution in [0, 0.1) is 17.2 Å². The van der Waals surface area contributed by atoms with Gasteiger partial charge in [-0.25, -0.2) is 4.79 Å². The normalized spacial score (nSPS) is 20.1. The fourth-order valence-corrected chi connectivity index (χ4v) is 2.17. The van der Waals surface area contributed by atoms with Crippen LogP contribution in [-0.2, 0) is 9.53 Å². The largest absolute Gasteiger partial charge is 0.481 e. The van der Waals surface area contributed by atoms with Crippen LogP contribution in [0.5, 0.6) is 0 Å². The Morgan fingerprint density at radius 2 is 2.30 bits per heavy atom. The lowest BCUT2D eigenvalue weighted by Gasteiger charge is -2.38. The highest BCUT2D eigenvalue weighted by molar-refractivity contribution is 5.76. The van der Waals surface area contributed by atoms with Crippen molar-refractivity contribution >= 4 is 12.0 Å². The molecule has 0 saturated carbocycles. The van der Waals surface area contributed by atoms with Crippen LogP contribution in [0.15, 0.2) is 0 Å². The zero-order chi connectivity index (χ0) is 15.1. The summed E-state index contributed by atoms with van der Waals surface area (Å²) in [5.41, 5.74) is 0. The molecule has 1 aliphatic rings. The molecule has 7 nitrogen and oxygen atoms in total. The maximum atomic E-state index is 12.5. The molecule has 1 aliphatic heterocycles. The fourth-order valence-electron chi connectivity index (χ4n) is 2.17. The van der Waals surface area contributed by atoms with E-state index in [2.05, 4.69) is 6.07 Å². The Hall–Kier alpha value is -1.81. The first kappa shape index (κ1) is 16.2. The molecular weight excluding hydrogens is 262 g/mol. The van der Waals surface area contributed by atoms with Gasteiger partial charge < -0.3 is 19.6 Å². The summed E-state index contributed by atoms with van der Waals surface area (Å²) in [4.78, 5) is 26.4. The van der Waals surface area contributed by atoms with Gasteiger partial charge in [-0.3, -0.25) is 4.79 Å². The molecule has 1 heterocycles. The molecule has 0 spiro atoms. The Balaban J connectivity index is 2.74. The van der Waals surface area contributed by atoms with E-state index < -0.39 is 12.0 Å². The van der Waals surface area contributed by atoms with Crippen molar-refractivity contribution in [1.82, 2.24) is 9.80 Å². The van der Waals surface area contributed by atoms with Crippen LogP contribution < -0.4 is 0 Å². The minimum atomic E-state index is -0.952. The minimum absolute atomic E-state index is 0.128. The summed E-state index contributed by atoms with van der Waals surface area (Å²) in [6, 6.07) is 1.44. The molecule has 1 rings (SSSR count). The summed E-state index contributed by atoms with van der Waals surface area (Å²) in [6.07, 6.45) is -0.128. The number of urea groups is 1. The molecule has 0 bridgehead atoms. The van der Waals surface area contributed by atoms with Crippen molar-refractivity contribution in [2.75, 3.05) is 32.8 Å². The summed E-state index contributed by atoms with van der Waals surface area (Å²) < 4.78 is 5.25. The summed E-state index contributed by atoms with van der Waals surface area (Å²) in [5.74, 6) is -1.20. The van der Waals surface area contributed by atoms with Gasteiger partial charge in [-0.15, -0.1) is 0 Å². The number of aliphatic carboxylic acids is 1. The molecule has 2 unspecified atom stereocenters. The van der Waals surface area contributed by atoms with Gasteiger partial charge in [0.15, 0.2) is 0 Å². The third kappa shape index (κ3) is 4.38. The van der Waals surface area contributed by atoms with Crippen LogP contribution in [0.3, 0.4) is 0 Å². The second-order valence-electron chi connectivity index (χ2n) is 4.87. The van der Waals surface area contributed by atoms with E-state index >= 15 is 0 Å². The van der Waals surface area contributed by atoms with Gasteiger partial charge in [-0.05, 0) is 13.8 Å². The molecule has 0 aromatic rings. The first-order chi connectivity index (χ1) is 9.49. The number of nitrogens with zero attached hydrogens (tertiary/aromatic N) is 3. The molecule has 0 aliphatic carbocycles. The smallest absolute Gasteiger partial charge is 0.320 e. The van der Waals surface area contributed by atoms with Crippen molar-refractivity contribution in [2.24, 2.45) is 5.92 Å². The quantitative estimate of drug-likeness (QED) is 0.804. The summed E-state index contributed by atoms with van der Waals surface area (Å²) in [6.45, 7) is 5.47. The first-order valence-corrected chi connectivity index (χ1v) is 6.74. The third-order valence-electron chi connectivity index (χ3n) is 3.25. The lowest BCUT2D eigenvalue weighted by molar-refractivity contribution is -0.139. The molecular formula is C13H21N3O4. The Morgan fingerprint density at radius 3 is 2.85 bits per heavy atom. The Bertz CT molecular complexity index is 394. The van der Waals surface area contributed by atoms with E-state index in [1.54, 1.807) is 16.7 Å². The van der Waals surface area contributed by atoms with Gasteiger partial charge in [0.05, 0.1) is 37.7 Å². The molecule has 1 N–H and O–H groups in total. The van der Waals surface area contributed by atoms with Gasteiger partial charge in [0, 0.05) is 19.6 Å². The first-order valence-electron chi connectivity index (χ1n) is 6.74. The Morgan fingerprint density at radius 1 is 1.60 bits per heavy atom. The lowest BCUT2D eigenvalue weighted by atomic mass is 10.1. The highest BCUT2D eigenvalue weighted by atomic mass is 16.5. The number of nitriles is 1. The Kier molecular flexibility index (Phi) is 6.25. The van der Waals surface area contributed by atoms with Gasteiger partial charge >= 0.3 is 12.0 Å². The van der Waals surface area contributed by atoms with Crippen molar-refractivity contribution in [3.8, 4) is 6.07 Å². The second-order valence-corrected chi connectivity index (χ2v) is 4.87. The van der Waals surface area contributed by atoms with Gasteiger partial charge in [0.2, 0.25) is 0 Å². The molecule has 2 atom stereocenters. The molecule has 2 amide bonds. The van der Waals surface area contributed by atoms with E-state index in [0.29, 0.717) is 26.2 Å². The van der Waals surface area contributed by atoms with Crippen molar-refractivity contribution in [2.45, 2.75) is 26.3 Å². The predicted octanol–water partition coefficient (Wildman–Crippen LogP) is 0.763. The van der Waals surface area contributed by atoms with Crippen LogP contribution in [0.1, 0.15) is 20.3 Å². The maximum Gasteiger partial charge on any atom is 0.320 e. The van der Waals surface area contributed by atoms with E-state index in [-0.39, 0.29) is 25.0 Å². The van der Waals surface area contributed by atoms with E-state index in [4.69, 9.17) is 15.1 Å². The predicted molar refractivity (Wildman–Crippen MR) is 71.0 cm³/mol. The number of hydrogen-bond acceptors (Lipinski definition) is 4. The van der Waals surface area contributed by atoms with Gasteiger partial charge in [-0.2, -0.15) is 5.26 Å². The standard InChI is InChI=1S/C13H21N3O4/c1-3-15(8-10(2)7-14)13(19)16-4-5-20-9-11(16)6-12(17)18/h10-11H,3-6,8-9H2,1-2H3,(H,17,18). The number of carbonyl (C=O) groups is 2. The topological polar surface area (TPSA) is 93.9 Å². The van der Waals surface area contributed by atoms with Crippen LogP contribution in [0.25, 0.3) is 0 Å². The van der Waals surface area contributed by atoms with Crippen LogP contribution in [0.2, 0.25) is 0 Å². The zero-order valence-corrected chi connectivity index (χ0v) is 11.9. The number of carbonyl (C=O) groups excluding carboxylic acids is 1. The lowest BCUT2D eigenvalue weighted by Crippen LogP contribution is -2.54. The van der Waals surface area contributed by atoms with Crippen molar-refractivity contribution < 1.29 is 19.4 Å². The summed E-state index contributed by atoms with van der Waals surface area (Å²) >= 11 is 0. The maximum absolute atomic E-state index is 12.5. The van der Waals surface area contributed by atoms with Crippen molar-refractivity contribution in [3.63, 3.8) is 0 Å². The molecule has 1 saturated heterocycles. The monoisotopic (exact) mass is 283 g/mol. The van der Waals surface area contributed by atoms with Crippen molar-refractivity contribution in [1.29, 1.82) is 5.26 Å². The van der Waals surface area contributed by atoms with Gasteiger partial charge in [0.25, 0.3) is 0 Å². The van der Waals surface area contributed by atoms with E-state index in [1.807, 2.05) is 6.92 Å². The summed E-state index contributed by atoms with van der Waals surface area (Å²) in [7, 11) is 0. The highest BCUT2D eigenvalue weighted by Crippen LogP contribution is 2.14. The minimum Gasteiger partial charge on any atom is -0.481 e. The SMILES string of the molecule is CCN(CC(C)C#N)C(=O)N1CCOCC1CC(=O)O. The van der Waals surface area contributed by atoms with Crippen LogP contribution in [-0.4, -0.2) is 65.8 Å². The molecule has 7 heteroatoms. The average Bonchev–Trinajstić information content (AvgIpc) is 2.43.